The summed E-state index contributed by atoms with van der Waals surface area (Å²) in [6.45, 7) is 2.17. The normalized spacial score (nSPS) is 14.2. The summed E-state index contributed by atoms with van der Waals surface area (Å²) in [5.41, 5.74) is 0. The van der Waals surface area contributed by atoms with Gasteiger partial charge in [0.25, 0.3) is 0 Å². The molecular formula is C14H23NO2S. The van der Waals surface area contributed by atoms with Crippen molar-refractivity contribution < 1.29 is 8.95 Å². The van der Waals surface area contributed by atoms with Crippen LogP contribution in [-0.2, 0) is 10.8 Å². The minimum atomic E-state index is -0.923. The van der Waals surface area contributed by atoms with E-state index in [0.717, 1.165) is 29.9 Å². The van der Waals surface area contributed by atoms with Gasteiger partial charge in [0.15, 0.2) is 0 Å². The standard InChI is InChI=1S/C14H23NO2S/c1-4-12(15-2)7-6-10-18(16)14-9-5-8-13(11-14)17-3/h5,8-9,11-12,15H,4,6-7,10H2,1-3H3. The molecule has 4 heteroatoms. The van der Waals surface area contributed by atoms with E-state index < -0.39 is 10.8 Å². The van der Waals surface area contributed by atoms with E-state index in [9.17, 15) is 4.21 Å². The number of rotatable bonds is 8. The van der Waals surface area contributed by atoms with Crippen LogP contribution in [0.4, 0.5) is 0 Å². The summed E-state index contributed by atoms with van der Waals surface area (Å²) in [7, 11) is 2.68. The Hall–Kier alpha value is -0.870. The van der Waals surface area contributed by atoms with Gasteiger partial charge in [0.1, 0.15) is 5.75 Å². The molecule has 3 nitrogen and oxygen atoms in total. The fourth-order valence-corrected chi connectivity index (χ4v) is 3.02. The van der Waals surface area contributed by atoms with Crippen LogP contribution in [0.15, 0.2) is 29.2 Å². The van der Waals surface area contributed by atoms with Gasteiger partial charge in [0, 0.05) is 16.7 Å². The van der Waals surface area contributed by atoms with Crippen LogP contribution >= 0.6 is 0 Å². The Morgan fingerprint density at radius 3 is 2.83 bits per heavy atom. The highest BCUT2D eigenvalue weighted by molar-refractivity contribution is 7.85. The second-order valence-electron chi connectivity index (χ2n) is 4.26. The molecule has 0 heterocycles. The number of hydrogen-bond donors (Lipinski definition) is 1. The summed E-state index contributed by atoms with van der Waals surface area (Å²) in [5, 5.41) is 3.26. The Labute approximate surface area is 112 Å². The molecule has 0 radical (unpaired) electrons. The quantitative estimate of drug-likeness (QED) is 0.788. The van der Waals surface area contributed by atoms with E-state index in [0.29, 0.717) is 11.8 Å². The second kappa shape index (κ2) is 8.27. The maximum Gasteiger partial charge on any atom is 0.120 e. The Kier molecular flexibility index (Phi) is 6.98. The number of ether oxygens (including phenoxy) is 1. The number of benzene rings is 1. The molecule has 0 spiro atoms. The summed E-state index contributed by atoms with van der Waals surface area (Å²) in [4.78, 5) is 0.854. The molecule has 18 heavy (non-hydrogen) atoms. The minimum Gasteiger partial charge on any atom is -0.497 e. The molecule has 0 aliphatic heterocycles. The Bertz CT molecular complexity index is 378. The molecule has 0 aliphatic rings. The van der Waals surface area contributed by atoms with Gasteiger partial charge >= 0.3 is 0 Å². The zero-order chi connectivity index (χ0) is 13.4. The van der Waals surface area contributed by atoms with Crippen LogP contribution in [0, 0.1) is 0 Å². The Morgan fingerprint density at radius 2 is 2.22 bits per heavy atom. The molecule has 0 fully saturated rings. The topological polar surface area (TPSA) is 38.3 Å². The highest BCUT2D eigenvalue weighted by atomic mass is 32.2. The molecule has 1 aromatic rings. The third kappa shape index (κ3) is 4.78. The second-order valence-corrected chi connectivity index (χ2v) is 5.84. The summed E-state index contributed by atoms with van der Waals surface area (Å²) in [6, 6.07) is 8.04. The number of hydrogen-bond acceptors (Lipinski definition) is 3. The molecule has 0 amide bonds. The van der Waals surface area contributed by atoms with Gasteiger partial charge in [-0.15, -0.1) is 0 Å². The van der Waals surface area contributed by atoms with Crippen LogP contribution in [0.1, 0.15) is 26.2 Å². The lowest BCUT2D eigenvalue weighted by Crippen LogP contribution is -2.24. The number of nitrogens with one attached hydrogen (secondary N) is 1. The predicted molar refractivity (Wildman–Crippen MR) is 76.6 cm³/mol. The third-order valence-corrected chi connectivity index (χ3v) is 4.53. The van der Waals surface area contributed by atoms with Gasteiger partial charge in [-0.1, -0.05) is 13.0 Å². The molecule has 102 valence electrons. The lowest BCUT2D eigenvalue weighted by atomic mass is 10.1. The van der Waals surface area contributed by atoms with Crippen LogP contribution in [0.5, 0.6) is 5.75 Å². The zero-order valence-electron chi connectivity index (χ0n) is 11.4. The maximum absolute atomic E-state index is 12.1. The van der Waals surface area contributed by atoms with Gasteiger partial charge in [0.2, 0.25) is 0 Å². The van der Waals surface area contributed by atoms with Gasteiger partial charge in [-0.25, -0.2) is 0 Å². The van der Waals surface area contributed by atoms with E-state index in [4.69, 9.17) is 4.74 Å². The minimum absolute atomic E-state index is 0.535. The summed E-state index contributed by atoms with van der Waals surface area (Å²) >= 11 is 0. The Balaban J connectivity index is 2.45. The van der Waals surface area contributed by atoms with Crippen LogP contribution < -0.4 is 10.1 Å². The van der Waals surface area contributed by atoms with Crippen molar-refractivity contribution in [3.63, 3.8) is 0 Å². The molecule has 2 unspecified atom stereocenters. The smallest absolute Gasteiger partial charge is 0.120 e. The highest BCUT2D eigenvalue weighted by Gasteiger charge is 2.07. The van der Waals surface area contributed by atoms with Crippen molar-refractivity contribution in [3.05, 3.63) is 24.3 Å². The van der Waals surface area contributed by atoms with Crippen molar-refractivity contribution in [1.29, 1.82) is 0 Å². The summed E-state index contributed by atoms with van der Waals surface area (Å²) in [6.07, 6.45) is 3.16. The average molecular weight is 269 g/mol. The highest BCUT2D eigenvalue weighted by Crippen LogP contribution is 2.16. The van der Waals surface area contributed by atoms with Crippen LogP contribution in [-0.4, -0.2) is 30.2 Å². The molecular weight excluding hydrogens is 246 g/mol. The monoisotopic (exact) mass is 269 g/mol. The van der Waals surface area contributed by atoms with Crippen molar-refractivity contribution in [2.45, 2.75) is 37.1 Å². The maximum atomic E-state index is 12.1. The average Bonchev–Trinajstić information content (AvgIpc) is 2.43. The van der Waals surface area contributed by atoms with Gasteiger partial charge in [-0.3, -0.25) is 4.21 Å². The van der Waals surface area contributed by atoms with E-state index in [1.54, 1.807) is 7.11 Å². The van der Waals surface area contributed by atoms with Crippen molar-refractivity contribution in [2.75, 3.05) is 19.9 Å². The molecule has 0 aromatic heterocycles. The van der Waals surface area contributed by atoms with Crippen LogP contribution in [0.25, 0.3) is 0 Å². The van der Waals surface area contributed by atoms with Crippen molar-refractivity contribution in [3.8, 4) is 5.75 Å². The molecule has 0 saturated heterocycles. The molecule has 0 aliphatic carbocycles. The molecule has 0 bridgehead atoms. The van der Waals surface area contributed by atoms with Gasteiger partial charge in [0.05, 0.1) is 17.9 Å². The predicted octanol–water partition coefficient (Wildman–Crippen LogP) is 2.58. The summed E-state index contributed by atoms with van der Waals surface area (Å²) in [5.74, 6) is 1.48. The first-order valence-corrected chi connectivity index (χ1v) is 7.72. The first-order chi connectivity index (χ1) is 8.71. The van der Waals surface area contributed by atoms with Crippen molar-refractivity contribution >= 4 is 10.8 Å². The van der Waals surface area contributed by atoms with Gasteiger partial charge < -0.3 is 10.1 Å². The fraction of sp³-hybridized carbons (Fsp3) is 0.571. The number of methoxy groups -OCH3 is 1. The zero-order valence-corrected chi connectivity index (χ0v) is 12.3. The lowest BCUT2D eigenvalue weighted by molar-refractivity contribution is 0.413. The first-order valence-electron chi connectivity index (χ1n) is 6.41. The molecule has 2 atom stereocenters. The third-order valence-electron chi connectivity index (χ3n) is 3.09. The van der Waals surface area contributed by atoms with E-state index >= 15 is 0 Å². The lowest BCUT2D eigenvalue weighted by Gasteiger charge is -2.13. The van der Waals surface area contributed by atoms with E-state index in [-0.39, 0.29) is 0 Å². The Morgan fingerprint density at radius 1 is 1.44 bits per heavy atom. The van der Waals surface area contributed by atoms with E-state index in [1.807, 2.05) is 31.3 Å². The molecule has 0 saturated carbocycles. The van der Waals surface area contributed by atoms with Crippen molar-refractivity contribution in [2.24, 2.45) is 0 Å². The molecule has 1 aromatic carbocycles. The van der Waals surface area contributed by atoms with Crippen LogP contribution in [0.3, 0.4) is 0 Å². The van der Waals surface area contributed by atoms with Crippen molar-refractivity contribution in [1.82, 2.24) is 5.32 Å². The molecule has 1 N–H and O–H groups in total. The summed E-state index contributed by atoms with van der Waals surface area (Å²) < 4.78 is 17.2. The molecule has 1 rings (SSSR count). The van der Waals surface area contributed by atoms with E-state index in [1.165, 1.54) is 0 Å². The fourth-order valence-electron chi connectivity index (χ4n) is 1.87. The first kappa shape index (κ1) is 15.2. The van der Waals surface area contributed by atoms with Gasteiger partial charge in [-0.2, -0.15) is 0 Å². The van der Waals surface area contributed by atoms with Crippen LogP contribution in [0.2, 0.25) is 0 Å². The van der Waals surface area contributed by atoms with E-state index in [2.05, 4.69) is 12.2 Å². The largest absolute Gasteiger partial charge is 0.497 e. The van der Waals surface area contributed by atoms with Gasteiger partial charge in [-0.05, 0) is 44.5 Å². The SMILES string of the molecule is CCC(CCCS(=O)c1cccc(OC)c1)NC.